The van der Waals surface area contributed by atoms with Gasteiger partial charge in [-0.05, 0) is 49.8 Å². The van der Waals surface area contributed by atoms with Crippen LogP contribution in [0.4, 0.5) is 0 Å². The molecule has 118 valence electrons. The first-order valence-corrected chi connectivity index (χ1v) is 8.53. The number of aryl methyl sites for hydroxylation is 1. The molecule has 0 heterocycles. The molecule has 21 heavy (non-hydrogen) atoms. The van der Waals surface area contributed by atoms with Crippen molar-refractivity contribution in [1.82, 2.24) is 5.32 Å². The maximum Gasteiger partial charge on any atom is 0.122 e. The summed E-state index contributed by atoms with van der Waals surface area (Å²) in [6.07, 6.45) is 7.64. The van der Waals surface area contributed by atoms with Crippen molar-refractivity contribution < 1.29 is 4.74 Å². The predicted octanol–water partition coefficient (Wildman–Crippen LogP) is 4.59. The van der Waals surface area contributed by atoms with Gasteiger partial charge in [0, 0.05) is 18.0 Å². The Balaban J connectivity index is 2.30. The molecule has 1 fully saturated rings. The maximum absolute atomic E-state index is 5.55. The van der Waals surface area contributed by atoms with E-state index in [-0.39, 0.29) is 5.41 Å². The fourth-order valence-corrected chi connectivity index (χ4v) is 3.43. The van der Waals surface area contributed by atoms with Crippen molar-refractivity contribution in [2.75, 3.05) is 13.7 Å². The number of methoxy groups -OCH3 is 1. The van der Waals surface area contributed by atoms with Crippen LogP contribution in [0.5, 0.6) is 5.75 Å². The highest BCUT2D eigenvalue weighted by Crippen LogP contribution is 2.37. The third kappa shape index (κ3) is 4.00. The van der Waals surface area contributed by atoms with Gasteiger partial charge in [0.05, 0.1) is 7.11 Å². The van der Waals surface area contributed by atoms with E-state index >= 15 is 0 Å². The summed E-state index contributed by atoms with van der Waals surface area (Å²) >= 11 is 0. The first-order chi connectivity index (χ1) is 10.1. The fourth-order valence-electron chi connectivity index (χ4n) is 3.43. The zero-order valence-corrected chi connectivity index (χ0v) is 14.2. The lowest BCUT2D eigenvalue weighted by atomic mass is 9.73. The molecule has 0 saturated heterocycles. The van der Waals surface area contributed by atoms with Gasteiger partial charge in [-0.3, -0.25) is 0 Å². The SMILES string of the molecule is CCCC(CCC)(CNC1CC1)c1ccc(C)c(OC)c1. The second-order valence-corrected chi connectivity index (χ2v) is 6.62. The van der Waals surface area contributed by atoms with Gasteiger partial charge in [0.2, 0.25) is 0 Å². The molecule has 1 aromatic rings. The third-order valence-electron chi connectivity index (χ3n) is 4.78. The summed E-state index contributed by atoms with van der Waals surface area (Å²) in [6, 6.07) is 7.57. The summed E-state index contributed by atoms with van der Waals surface area (Å²) in [5, 5.41) is 3.78. The van der Waals surface area contributed by atoms with Crippen LogP contribution < -0.4 is 10.1 Å². The summed E-state index contributed by atoms with van der Waals surface area (Å²) in [5.41, 5.74) is 2.92. The van der Waals surface area contributed by atoms with E-state index in [1.807, 2.05) is 0 Å². The van der Waals surface area contributed by atoms with E-state index in [9.17, 15) is 0 Å². The first-order valence-electron chi connectivity index (χ1n) is 8.53. The van der Waals surface area contributed by atoms with Crippen molar-refractivity contribution in [3.05, 3.63) is 29.3 Å². The summed E-state index contributed by atoms with van der Waals surface area (Å²) in [7, 11) is 1.77. The predicted molar refractivity (Wildman–Crippen MR) is 90.2 cm³/mol. The van der Waals surface area contributed by atoms with E-state index in [0.717, 1.165) is 18.3 Å². The molecule has 0 amide bonds. The van der Waals surface area contributed by atoms with Crippen LogP contribution in [0.25, 0.3) is 0 Å². The number of rotatable bonds is 9. The van der Waals surface area contributed by atoms with Crippen molar-refractivity contribution in [3.8, 4) is 5.75 Å². The highest BCUT2D eigenvalue weighted by molar-refractivity contribution is 5.40. The molecule has 0 radical (unpaired) electrons. The minimum absolute atomic E-state index is 0.257. The molecule has 2 nitrogen and oxygen atoms in total. The number of benzene rings is 1. The van der Waals surface area contributed by atoms with E-state index in [1.54, 1.807) is 7.11 Å². The minimum Gasteiger partial charge on any atom is -0.496 e. The number of hydrogen-bond donors (Lipinski definition) is 1. The quantitative estimate of drug-likeness (QED) is 0.717. The fraction of sp³-hybridized carbons (Fsp3) is 0.684. The van der Waals surface area contributed by atoms with Crippen LogP contribution in [-0.4, -0.2) is 19.7 Å². The van der Waals surface area contributed by atoms with Crippen molar-refractivity contribution in [2.24, 2.45) is 0 Å². The van der Waals surface area contributed by atoms with E-state index in [2.05, 4.69) is 44.3 Å². The average molecular weight is 289 g/mol. The van der Waals surface area contributed by atoms with Crippen LogP contribution in [0.2, 0.25) is 0 Å². The molecule has 1 saturated carbocycles. The topological polar surface area (TPSA) is 21.3 Å². The molecule has 0 aromatic heterocycles. The summed E-state index contributed by atoms with van der Waals surface area (Å²) in [5.74, 6) is 1.02. The van der Waals surface area contributed by atoms with E-state index in [1.165, 1.54) is 49.7 Å². The number of nitrogens with one attached hydrogen (secondary N) is 1. The Morgan fingerprint density at radius 1 is 1.19 bits per heavy atom. The lowest BCUT2D eigenvalue weighted by molar-refractivity contribution is 0.331. The van der Waals surface area contributed by atoms with E-state index in [0.29, 0.717) is 0 Å². The van der Waals surface area contributed by atoms with Gasteiger partial charge in [0.25, 0.3) is 0 Å². The zero-order valence-electron chi connectivity index (χ0n) is 14.2. The highest BCUT2D eigenvalue weighted by Gasteiger charge is 2.33. The average Bonchev–Trinajstić information content (AvgIpc) is 3.30. The Morgan fingerprint density at radius 2 is 1.86 bits per heavy atom. The Labute approximate surface area is 130 Å². The van der Waals surface area contributed by atoms with Crippen LogP contribution in [0, 0.1) is 6.92 Å². The number of hydrogen-bond acceptors (Lipinski definition) is 2. The van der Waals surface area contributed by atoms with Crippen molar-refractivity contribution in [3.63, 3.8) is 0 Å². The summed E-state index contributed by atoms with van der Waals surface area (Å²) in [6.45, 7) is 7.82. The molecule has 0 unspecified atom stereocenters. The van der Waals surface area contributed by atoms with Crippen LogP contribution in [0.15, 0.2) is 18.2 Å². The molecule has 1 N–H and O–H groups in total. The summed E-state index contributed by atoms with van der Waals surface area (Å²) in [4.78, 5) is 0. The van der Waals surface area contributed by atoms with Crippen molar-refractivity contribution in [2.45, 2.75) is 70.8 Å². The number of ether oxygens (including phenoxy) is 1. The van der Waals surface area contributed by atoms with Gasteiger partial charge in [0.15, 0.2) is 0 Å². The van der Waals surface area contributed by atoms with Gasteiger partial charge in [-0.15, -0.1) is 0 Å². The van der Waals surface area contributed by atoms with Gasteiger partial charge in [-0.1, -0.05) is 38.8 Å². The monoisotopic (exact) mass is 289 g/mol. The highest BCUT2D eigenvalue weighted by atomic mass is 16.5. The zero-order chi connectivity index (χ0) is 15.3. The second kappa shape index (κ2) is 7.31. The molecule has 0 bridgehead atoms. The van der Waals surface area contributed by atoms with E-state index < -0.39 is 0 Å². The standard InChI is InChI=1S/C19H31NO/c1-5-11-19(12-6-2,14-20-17-9-10-17)16-8-7-15(3)18(13-16)21-4/h7-8,13,17,20H,5-6,9-12,14H2,1-4H3. The molecule has 1 aliphatic carbocycles. The molecule has 0 atom stereocenters. The molecule has 2 rings (SSSR count). The Hall–Kier alpha value is -1.02. The Morgan fingerprint density at radius 3 is 2.38 bits per heavy atom. The molecule has 1 aromatic carbocycles. The Kier molecular flexibility index (Phi) is 5.69. The van der Waals surface area contributed by atoms with Crippen LogP contribution in [0.1, 0.15) is 63.5 Å². The molecule has 0 spiro atoms. The van der Waals surface area contributed by atoms with Crippen LogP contribution in [0.3, 0.4) is 0 Å². The summed E-state index contributed by atoms with van der Waals surface area (Å²) < 4.78 is 5.55. The van der Waals surface area contributed by atoms with Crippen molar-refractivity contribution in [1.29, 1.82) is 0 Å². The molecule has 0 aliphatic heterocycles. The van der Waals surface area contributed by atoms with Crippen LogP contribution in [-0.2, 0) is 5.41 Å². The van der Waals surface area contributed by atoms with Gasteiger partial charge < -0.3 is 10.1 Å². The molecular weight excluding hydrogens is 258 g/mol. The normalized spacial score (nSPS) is 15.2. The Bertz CT molecular complexity index is 445. The molecule has 1 aliphatic rings. The lowest BCUT2D eigenvalue weighted by Crippen LogP contribution is -2.39. The molecular formula is C19H31NO. The van der Waals surface area contributed by atoms with Crippen molar-refractivity contribution >= 4 is 0 Å². The first kappa shape index (κ1) is 16.4. The van der Waals surface area contributed by atoms with Crippen LogP contribution >= 0.6 is 0 Å². The third-order valence-corrected chi connectivity index (χ3v) is 4.78. The lowest BCUT2D eigenvalue weighted by Gasteiger charge is -2.35. The largest absolute Gasteiger partial charge is 0.496 e. The van der Waals surface area contributed by atoms with Gasteiger partial charge in [-0.2, -0.15) is 0 Å². The van der Waals surface area contributed by atoms with Gasteiger partial charge in [-0.25, -0.2) is 0 Å². The van der Waals surface area contributed by atoms with Gasteiger partial charge >= 0.3 is 0 Å². The van der Waals surface area contributed by atoms with E-state index in [4.69, 9.17) is 4.74 Å². The second-order valence-electron chi connectivity index (χ2n) is 6.62. The molecule has 2 heteroatoms. The smallest absolute Gasteiger partial charge is 0.122 e. The maximum atomic E-state index is 5.55. The minimum atomic E-state index is 0.257. The van der Waals surface area contributed by atoms with Gasteiger partial charge in [0.1, 0.15) is 5.75 Å².